The van der Waals surface area contributed by atoms with Crippen LogP contribution in [-0.4, -0.2) is 0 Å². The number of hydrogen-bond acceptors (Lipinski definition) is 1. The van der Waals surface area contributed by atoms with E-state index < -0.39 is 0 Å². The number of anilines is 1. The molecule has 1 heteroatoms. The van der Waals surface area contributed by atoms with E-state index in [4.69, 9.17) is 0 Å². The minimum Gasteiger partial charge on any atom is -0.355 e. The highest BCUT2D eigenvalue weighted by Crippen LogP contribution is 2.33. The molecule has 3 aromatic rings. The number of hydrogen-bond donors (Lipinski definition) is 1. The SMILES string of the molecule is CCc1cccc(C)c1NC1=CCC(C)(/C=C/c2ccc(/C=C/c3ccccc3)cc2)C=C1. The molecule has 3 aromatic carbocycles. The van der Waals surface area contributed by atoms with Crippen LogP contribution in [0.4, 0.5) is 5.69 Å². The monoisotopic (exact) mass is 431 g/mol. The number of allylic oxidation sites excluding steroid dienone is 4. The van der Waals surface area contributed by atoms with Crippen LogP contribution in [0.25, 0.3) is 18.2 Å². The van der Waals surface area contributed by atoms with Gasteiger partial charge in [0, 0.05) is 16.8 Å². The number of para-hydroxylation sites is 1. The van der Waals surface area contributed by atoms with Crippen molar-refractivity contribution in [2.75, 3.05) is 5.32 Å². The average Bonchev–Trinajstić information content (AvgIpc) is 2.85. The van der Waals surface area contributed by atoms with Gasteiger partial charge in [0.1, 0.15) is 0 Å². The van der Waals surface area contributed by atoms with E-state index in [1.165, 1.54) is 39.2 Å². The Labute approximate surface area is 198 Å². The Hall–Kier alpha value is -3.58. The van der Waals surface area contributed by atoms with E-state index in [9.17, 15) is 0 Å². The van der Waals surface area contributed by atoms with Gasteiger partial charge >= 0.3 is 0 Å². The lowest BCUT2D eigenvalue weighted by Crippen LogP contribution is -2.14. The van der Waals surface area contributed by atoms with Crippen LogP contribution in [0.5, 0.6) is 0 Å². The minimum absolute atomic E-state index is 0.0242. The molecule has 0 spiro atoms. The fourth-order valence-corrected chi connectivity index (χ4v) is 4.07. The Balaban J connectivity index is 1.38. The van der Waals surface area contributed by atoms with Gasteiger partial charge in [0.25, 0.3) is 0 Å². The molecule has 0 saturated carbocycles. The van der Waals surface area contributed by atoms with Gasteiger partial charge in [0.05, 0.1) is 0 Å². The van der Waals surface area contributed by atoms with Gasteiger partial charge in [0.2, 0.25) is 0 Å². The van der Waals surface area contributed by atoms with Gasteiger partial charge in [-0.05, 0) is 53.7 Å². The predicted octanol–water partition coefficient (Wildman–Crippen LogP) is 8.70. The lowest BCUT2D eigenvalue weighted by Gasteiger charge is -2.25. The van der Waals surface area contributed by atoms with Crippen molar-refractivity contribution in [1.82, 2.24) is 0 Å². The van der Waals surface area contributed by atoms with E-state index in [-0.39, 0.29) is 5.41 Å². The van der Waals surface area contributed by atoms with Crippen molar-refractivity contribution in [2.24, 2.45) is 5.41 Å². The predicted molar refractivity (Wildman–Crippen MR) is 145 cm³/mol. The molecule has 0 fully saturated rings. The van der Waals surface area contributed by atoms with Crippen molar-refractivity contribution < 1.29 is 0 Å². The summed E-state index contributed by atoms with van der Waals surface area (Å²) < 4.78 is 0. The molecule has 1 unspecified atom stereocenters. The standard InChI is InChI=1S/C32H33N/c1-4-29-12-8-9-25(2)31(29)33-30-20-23-32(3,24-21-30)22-19-28-17-15-27(16-18-28)14-13-26-10-6-5-7-11-26/h5-23,33H,4,24H2,1-3H3/b14-13+,22-19+. The lowest BCUT2D eigenvalue weighted by molar-refractivity contribution is 0.556. The van der Waals surface area contributed by atoms with Crippen molar-refractivity contribution in [2.45, 2.75) is 33.6 Å². The third-order valence-corrected chi connectivity index (χ3v) is 6.28. The maximum absolute atomic E-state index is 3.65. The summed E-state index contributed by atoms with van der Waals surface area (Å²) in [7, 11) is 0. The van der Waals surface area contributed by atoms with E-state index in [1.54, 1.807) is 0 Å². The molecule has 0 radical (unpaired) electrons. The number of nitrogens with one attached hydrogen (secondary N) is 1. The first kappa shape index (κ1) is 22.6. The minimum atomic E-state index is 0.0242. The molecule has 4 rings (SSSR count). The maximum atomic E-state index is 3.65. The molecule has 1 aliphatic rings. The van der Waals surface area contributed by atoms with Crippen molar-refractivity contribution in [3.8, 4) is 0 Å². The summed E-state index contributed by atoms with van der Waals surface area (Å²) in [5.74, 6) is 0. The van der Waals surface area contributed by atoms with Gasteiger partial charge in [-0.2, -0.15) is 0 Å². The summed E-state index contributed by atoms with van der Waals surface area (Å²) in [5.41, 5.74) is 8.75. The van der Waals surface area contributed by atoms with Crippen LogP contribution in [0, 0.1) is 12.3 Å². The fraction of sp³-hybridized carbons (Fsp3) is 0.188. The molecule has 166 valence electrons. The highest BCUT2D eigenvalue weighted by Gasteiger charge is 2.19. The molecule has 1 aliphatic carbocycles. The number of rotatable bonds is 7. The summed E-state index contributed by atoms with van der Waals surface area (Å²) >= 11 is 0. The van der Waals surface area contributed by atoms with Gasteiger partial charge in [-0.15, -0.1) is 0 Å². The zero-order chi connectivity index (χ0) is 23.1. The third kappa shape index (κ3) is 6.02. The average molecular weight is 432 g/mol. The van der Waals surface area contributed by atoms with Gasteiger partial charge in [0.15, 0.2) is 0 Å². The van der Waals surface area contributed by atoms with Crippen LogP contribution in [0.1, 0.15) is 48.1 Å². The Morgan fingerprint density at radius 2 is 1.48 bits per heavy atom. The molecule has 0 amide bonds. The Morgan fingerprint density at radius 3 is 2.12 bits per heavy atom. The summed E-state index contributed by atoms with van der Waals surface area (Å²) in [4.78, 5) is 0. The second kappa shape index (κ2) is 10.4. The van der Waals surface area contributed by atoms with Crippen LogP contribution >= 0.6 is 0 Å². The van der Waals surface area contributed by atoms with Crippen LogP contribution < -0.4 is 5.32 Å². The zero-order valence-electron chi connectivity index (χ0n) is 19.9. The van der Waals surface area contributed by atoms with Gasteiger partial charge in [-0.1, -0.05) is 123 Å². The fourth-order valence-electron chi connectivity index (χ4n) is 4.07. The normalized spacial score (nSPS) is 18.1. The van der Waals surface area contributed by atoms with E-state index >= 15 is 0 Å². The van der Waals surface area contributed by atoms with E-state index in [2.05, 4.69) is 135 Å². The zero-order valence-corrected chi connectivity index (χ0v) is 19.9. The van der Waals surface area contributed by atoms with E-state index in [0.717, 1.165) is 12.8 Å². The first-order valence-electron chi connectivity index (χ1n) is 11.8. The van der Waals surface area contributed by atoms with Crippen molar-refractivity contribution in [3.05, 3.63) is 131 Å². The maximum Gasteiger partial charge on any atom is 0.0446 e. The summed E-state index contributed by atoms with van der Waals surface area (Å²) in [6.07, 6.45) is 17.7. The molecule has 33 heavy (non-hydrogen) atoms. The number of benzene rings is 3. The molecule has 1 nitrogen and oxygen atoms in total. The molecule has 1 N–H and O–H groups in total. The van der Waals surface area contributed by atoms with Gasteiger partial charge in [-0.3, -0.25) is 0 Å². The molecule has 0 bridgehead atoms. The molecular weight excluding hydrogens is 398 g/mol. The van der Waals surface area contributed by atoms with Gasteiger partial charge in [-0.25, -0.2) is 0 Å². The summed E-state index contributed by atoms with van der Waals surface area (Å²) in [6.45, 7) is 6.67. The highest BCUT2D eigenvalue weighted by atomic mass is 14.9. The highest BCUT2D eigenvalue weighted by molar-refractivity contribution is 5.70. The Morgan fingerprint density at radius 1 is 0.818 bits per heavy atom. The summed E-state index contributed by atoms with van der Waals surface area (Å²) in [6, 6.07) is 25.6. The second-order valence-electron chi connectivity index (χ2n) is 9.03. The van der Waals surface area contributed by atoms with Crippen LogP contribution in [0.2, 0.25) is 0 Å². The van der Waals surface area contributed by atoms with E-state index in [0.29, 0.717) is 0 Å². The molecular formula is C32H33N. The molecule has 0 aliphatic heterocycles. The van der Waals surface area contributed by atoms with Crippen LogP contribution in [-0.2, 0) is 6.42 Å². The number of aryl methyl sites for hydroxylation is 2. The first-order chi connectivity index (χ1) is 16.0. The van der Waals surface area contributed by atoms with E-state index in [1.807, 2.05) is 6.07 Å². The van der Waals surface area contributed by atoms with Crippen molar-refractivity contribution in [3.63, 3.8) is 0 Å². The lowest BCUT2D eigenvalue weighted by atomic mass is 9.82. The van der Waals surface area contributed by atoms with Crippen molar-refractivity contribution in [1.29, 1.82) is 0 Å². The topological polar surface area (TPSA) is 12.0 Å². The summed E-state index contributed by atoms with van der Waals surface area (Å²) in [5, 5.41) is 3.65. The first-order valence-corrected chi connectivity index (χ1v) is 11.8. The molecule has 0 aromatic heterocycles. The molecule has 0 saturated heterocycles. The second-order valence-corrected chi connectivity index (χ2v) is 9.03. The van der Waals surface area contributed by atoms with Crippen LogP contribution in [0.15, 0.2) is 103 Å². The largest absolute Gasteiger partial charge is 0.355 e. The van der Waals surface area contributed by atoms with Crippen LogP contribution in [0.3, 0.4) is 0 Å². The molecule has 1 atom stereocenters. The quantitative estimate of drug-likeness (QED) is 0.369. The van der Waals surface area contributed by atoms with Gasteiger partial charge < -0.3 is 5.32 Å². The Bertz CT molecular complexity index is 1190. The van der Waals surface area contributed by atoms with Crippen molar-refractivity contribution >= 4 is 23.9 Å². The smallest absolute Gasteiger partial charge is 0.0446 e. The molecule has 0 heterocycles. The Kier molecular flexibility index (Phi) is 7.10. The third-order valence-electron chi connectivity index (χ3n) is 6.28.